The zero-order valence-corrected chi connectivity index (χ0v) is 20.6. The zero-order chi connectivity index (χ0) is 25.0. The molecule has 3 heterocycles. The van der Waals surface area contributed by atoms with Crippen LogP contribution in [0.15, 0.2) is 110 Å². The molecule has 0 amide bonds. The standard InChI is InChI=1S/C31H29N5O/c1-22(17-23-7-3-2-4-8-23)36-16-6-11-30(36)31-33-20-29(35-31)25-9-5-10-27(18-25)37-26-14-12-24(13-15-26)28-19-32-21-34-28/h2-5,7-10,12-15,18-21,30H,1,6,11,16-17H2,(H,32,34)(H,33,35). The van der Waals surface area contributed by atoms with E-state index in [0.717, 1.165) is 71.3 Å². The van der Waals surface area contributed by atoms with Gasteiger partial charge in [-0.15, -0.1) is 0 Å². The minimum Gasteiger partial charge on any atom is -0.457 e. The Labute approximate surface area is 216 Å². The molecule has 3 aromatic carbocycles. The van der Waals surface area contributed by atoms with Crippen LogP contribution >= 0.6 is 0 Å². The minimum atomic E-state index is 0.220. The van der Waals surface area contributed by atoms with Crippen LogP contribution in [0.2, 0.25) is 0 Å². The lowest BCUT2D eigenvalue weighted by molar-refractivity contribution is 0.311. The van der Waals surface area contributed by atoms with Gasteiger partial charge in [-0.25, -0.2) is 9.97 Å². The lowest BCUT2D eigenvalue weighted by Crippen LogP contribution is -2.24. The third-order valence-electron chi connectivity index (χ3n) is 6.87. The van der Waals surface area contributed by atoms with Crippen molar-refractivity contribution in [1.82, 2.24) is 24.8 Å². The number of benzene rings is 3. The average Bonchev–Trinajstić information content (AvgIpc) is 3.72. The molecule has 2 N–H and O–H groups in total. The third kappa shape index (κ3) is 5.05. The van der Waals surface area contributed by atoms with Crippen LogP contribution in [0, 0.1) is 0 Å². The number of hydrogen-bond donors (Lipinski definition) is 2. The van der Waals surface area contributed by atoms with E-state index in [-0.39, 0.29) is 6.04 Å². The van der Waals surface area contributed by atoms with Crippen LogP contribution < -0.4 is 4.74 Å². The van der Waals surface area contributed by atoms with Gasteiger partial charge in [0.1, 0.15) is 17.3 Å². The second-order valence-electron chi connectivity index (χ2n) is 9.38. The van der Waals surface area contributed by atoms with Crippen molar-refractivity contribution >= 4 is 0 Å². The van der Waals surface area contributed by atoms with Gasteiger partial charge in [-0.1, -0.05) is 49.0 Å². The Morgan fingerprint density at radius 2 is 1.78 bits per heavy atom. The second kappa shape index (κ2) is 10.2. The van der Waals surface area contributed by atoms with Crippen molar-refractivity contribution in [2.75, 3.05) is 6.54 Å². The molecule has 0 radical (unpaired) electrons. The van der Waals surface area contributed by atoms with Crippen molar-refractivity contribution in [2.45, 2.75) is 25.3 Å². The summed E-state index contributed by atoms with van der Waals surface area (Å²) >= 11 is 0. The van der Waals surface area contributed by atoms with E-state index in [0.29, 0.717) is 0 Å². The summed E-state index contributed by atoms with van der Waals surface area (Å²) in [6.07, 6.45) is 8.46. The van der Waals surface area contributed by atoms with Crippen molar-refractivity contribution in [3.63, 3.8) is 0 Å². The largest absolute Gasteiger partial charge is 0.457 e. The lowest BCUT2D eigenvalue weighted by Gasteiger charge is -2.27. The smallest absolute Gasteiger partial charge is 0.129 e. The van der Waals surface area contributed by atoms with Gasteiger partial charge >= 0.3 is 0 Å². The molecule has 0 bridgehead atoms. The molecular formula is C31H29N5O. The van der Waals surface area contributed by atoms with Gasteiger partial charge < -0.3 is 19.6 Å². The number of H-pyrrole nitrogens is 2. The summed E-state index contributed by atoms with van der Waals surface area (Å²) in [6.45, 7) is 5.42. The predicted octanol–water partition coefficient (Wildman–Crippen LogP) is 7.15. The summed E-state index contributed by atoms with van der Waals surface area (Å²) in [5.74, 6) is 2.55. The second-order valence-corrected chi connectivity index (χ2v) is 9.38. The SMILES string of the molecule is C=C(Cc1ccccc1)N1CCCC1c1ncc(-c2cccc(Oc3ccc(-c4cnc[nH]4)cc3)c2)[nH]1. The van der Waals surface area contributed by atoms with E-state index < -0.39 is 0 Å². The summed E-state index contributed by atoms with van der Waals surface area (Å²) in [5, 5.41) is 0. The number of allylic oxidation sites excluding steroid dienone is 1. The zero-order valence-electron chi connectivity index (χ0n) is 20.6. The lowest BCUT2D eigenvalue weighted by atomic mass is 10.1. The molecule has 37 heavy (non-hydrogen) atoms. The van der Waals surface area contributed by atoms with Crippen LogP contribution in [-0.2, 0) is 6.42 Å². The molecule has 0 aliphatic carbocycles. The fourth-order valence-corrected chi connectivity index (χ4v) is 4.99. The molecule has 1 unspecified atom stereocenters. The highest BCUT2D eigenvalue weighted by molar-refractivity contribution is 5.62. The highest BCUT2D eigenvalue weighted by atomic mass is 16.5. The number of nitrogens with one attached hydrogen (secondary N) is 2. The van der Waals surface area contributed by atoms with Gasteiger partial charge in [-0.3, -0.25) is 0 Å². The van der Waals surface area contributed by atoms with E-state index in [2.05, 4.69) is 56.8 Å². The number of aromatic amines is 2. The van der Waals surface area contributed by atoms with Gasteiger partial charge in [-0.2, -0.15) is 0 Å². The monoisotopic (exact) mass is 487 g/mol. The number of aromatic nitrogens is 4. The fraction of sp³-hybridized carbons (Fsp3) is 0.161. The van der Waals surface area contributed by atoms with Crippen LogP contribution in [0.4, 0.5) is 0 Å². The molecule has 1 fully saturated rings. The number of nitrogens with zero attached hydrogens (tertiary/aromatic N) is 3. The van der Waals surface area contributed by atoms with Gasteiger partial charge in [0.15, 0.2) is 0 Å². The summed E-state index contributed by atoms with van der Waals surface area (Å²) in [6, 6.07) is 26.8. The third-order valence-corrected chi connectivity index (χ3v) is 6.87. The summed E-state index contributed by atoms with van der Waals surface area (Å²) < 4.78 is 6.14. The van der Waals surface area contributed by atoms with E-state index >= 15 is 0 Å². The highest BCUT2D eigenvalue weighted by Gasteiger charge is 2.29. The first kappa shape index (κ1) is 22.9. The maximum atomic E-state index is 6.14. The number of ether oxygens (including phenoxy) is 1. The molecule has 184 valence electrons. The van der Waals surface area contributed by atoms with Gasteiger partial charge in [0.25, 0.3) is 0 Å². The molecule has 6 rings (SSSR count). The molecule has 6 nitrogen and oxygen atoms in total. The summed E-state index contributed by atoms with van der Waals surface area (Å²) in [7, 11) is 0. The van der Waals surface area contributed by atoms with E-state index in [1.807, 2.05) is 60.9 Å². The normalized spacial score (nSPS) is 15.1. The summed E-state index contributed by atoms with van der Waals surface area (Å²) in [4.78, 5) is 18.0. The Hall–Kier alpha value is -4.58. The summed E-state index contributed by atoms with van der Waals surface area (Å²) in [5.41, 5.74) is 6.49. The Balaban J connectivity index is 1.15. The molecule has 6 heteroatoms. The van der Waals surface area contributed by atoms with Gasteiger partial charge in [0, 0.05) is 24.2 Å². The van der Waals surface area contributed by atoms with Gasteiger partial charge in [0.05, 0.1) is 36.2 Å². The molecule has 0 spiro atoms. The maximum Gasteiger partial charge on any atom is 0.129 e. The topological polar surface area (TPSA) is 69.8 Å². The van der Waals surface area contributed by atoms with Crippen LogP contribution in [0.5, 0.6) is 11.5 Å². The maximum absolute atomic E-state index is 6.14. The molecule has 1 saturated heterocycles. The van der Waals surface area contributed by atoms with E-state index in [9.17, 15) is 0 Å². The number of rotatable bonds is 8. The molecular weight excluding hydrogens is 458 g/mol. The van der Waals surface area contributed by atoms with Crippen molar-refractivity contribution in [3.05, 3.63) is 121 Å². The molecule has 5 aromatic rings. The van der Waals surface area contributed by atoms with Gasteiger partial charge in [-0.05, 0) is 60.4 Å². The van der Waals surface area contributed by atoms with Crippen molar-refractivity contribution < 1.29 is 4.74 Å². The van der Waals surface area contributed by atoms with Gasteiger partial charge in [0.2, 0.25) is 0 Å². The number of hydrogen-bond acceptors (Lipinski definition) is 4. The first-order valence-corrected chi connectivity index (χ1v) is 12.6. The Kier molecular flexibility index (Phi) is 6.29. The highest BCUT2D eigenvalue weighted by Crippen LogP contribution is 2.35. The molecule has 1 aliphatic heterocycles. The molecule has 1 atom stereocenters. The van der Waals surface area contributed by atoms with E-state index in [1.165, 1.54) is 5.56 Å². The Bertz CT molecular complexity index is 1470. The average molecular weight is 488 g/mol. The first-order valence-electron chi connectivity index (χ1n) is 12.6. The minimum absolute atomic E-state index is 0.220. The Morgan fingerprint density at radius 3 is 2.59 bits per heavy atom. The van der Waals surface area contributed by atoms with Crippen LogP contribution in [0.3, 0.4) is 0 Å². The predicted molar refractivity (Wildman–Crippen MR) is 146 cm³/mol. The number of likely N-dealkylation sites (tertiary alicyclic amines) is 1. The quantitative estimate of drug-likeness (QED) is 0.244. The fourth-order valence-electron chi connectivity index (χ4n) is 4.99. The first-order chi connectivity index (χ1) is 18.2. The molecule has 0 saturated carbocycles. The molecule has 1 aliphatic rings. The van der Waals surface area contributed by atoms with Crippen LogP contribution in [0.25, 0.3) is 22.5 Å². The van der Waals surface area contributed by atoms with Crippen molar-refractivity contribution in [2.24, 2.45) is 0 Å². The van der Waals surface area contributed by atoms with Crippen molar-refractivity contribution in [1.29, 1.82) is 0 Å². The molecule has 2 aromatic heterocycles. The van der Waals surface area contributed by atoms with Crippen LogP contribution in [-0.4, -0.2) is 31.4 Å². The van der Waals surface area contributed by atoms with E-state index in [4.69, 9.17) is 9.72 Å². The Morgan fingerprint density at radius 1 is 0.919 bits per heavy atom. The van der Waals surface area contributed by atoms with Crippen molar-refractivity contribution in [3.8, 4) is 34.0 Å². The van der Waals surface area contributed by atoms with E-state index in [1.54, 1.807) is 6.33 Å². The van der Waals surface area contributed by atoms with Crippen LogP contribution in [0.1, 0.15) is 30.3 Å². The number of imidazole rings is 2.